The molecule has 0 saturated carbocycles. The number of rotatable bonds is 7. The van der Waals surface area contributed by atoms with Gasteiger partial charge in [-0.25, -0.2) is 0 Å². The van der Waals surface area contributed by atoms with E-state index in [9.17, 15) is 0 Å². The summed E-state index contributed by atoms with van der Waals surface area (Å²) in [4.78, 5) is 4.89. The molecule has 0 amide bonds. The van der Waals surface area contributed by atoms with Crippen molar-refractivity contribution in [3.63, 3.8) is 0 Å². The van der Waals surface area contributed by atoms with Crippen LogP contribution in [0.25, 0.3) is 0 Å². The van der Waals surface area contributed by atoms with E-state index in [2.05, 4.69) is 35.8 Å². The number of unbranched alkanes of at least 4 members (excludes halogenated alkanes) is 3. The van der Waals surface area contributed by atoms with Crippen LogP contribution >= 0.6 is 11.6 Å². The fourth-order valence-corrected chi connectivity index (χ4v) is 3.22. The van der Waals surface area contributed by atoms with Gasteiger partial charge in [0.2, 0.25) is 0 Å². The normalized spacial score (nSPS) is 23.6. The van der Waals surface area contributed by atoms with Gasteiger partial charge in [0, 0.05) is 11.6 Å². The molecule has 1 fully saturated rings. The molecule has 1 unspecified atom stereocenters. The van der Waals surface area contributed by atoms with Crippen LogP contribution in [-0.2, 0) is 4.74 Å². The van der Waals surface area contributed by atoms with Crippen molar-refractivity contribution in [2.75, 3.05) is 36.2 Å². The number of epoxide rings is 1. The molecule has 0 N–H and O–H groups in total. The Morgan fingerprint density at radius 3 is 2.71 bits per heavy atom. The maximum absolute atomic E-state index is 6.19. The number of nitrogens with zero attached hydrogens (tertiary/aromatic N) is 2. The van der Waals surface area contributed by atoms with Crippen molar-refractivity contribution < 1.29 is 4.74 Å². The number of fused-ring (bicyclic) bond motifs is 1. The lowest BCUT2D eigenvalue weighted by Gasteiger charge is -2.23. The minimum Gasteiger partial charge on any atom is -0.368 e. The van der Waals surface area contributed by atoms with Crippen LogP contribution in [0.5, 0.6) is 0 Å². The third-order valence-corrected chi connectivity index (χ3v) is 4.64. The van der Waals surface area contributed by atoms with Crippen LogP contribution in [0.2, 0.25) is 5.02 Å². The summed E-state index contributed by atoms with van der Waals surface area (Å²) in [5.41, 5.74) is 2.62. The topological polar surface area (TPSA) is 19.0 Å². The molecule has 0 spiro atoms. The van der Waals surface area contributed by atoms with E-state index in [-0.39, 0.29) is 5.60 Å². The summed E-state index contributed by atoms with van der Waals surface area (Å²) in [6, 6.07) is 6.25. The fraction of sp³-hybridized carbons (Fsp3) is 0.647. The highest BCUT2D eigenvalue weighted by molar-refractivity contribution is 6.31. The molecule has 1 saturated heterocycles. The Morgan fingerprint density at radius 1 is 1.19 bits per heavy atom. The average molecular weight is 309 g/mol. The lowest BCUT2D eigenvalue weighted by atomic mass is 10.2. The molecule has 0 bridgehead atoms. The van der Waals surface area contributed by atoms with E-state index < -0.39 is 0 Å². The summed E-state index contributed by atoms with van der Waals surface area (Å²) < 4.78 is 5.56. The van der Waals surface area contributed by atoms with Gasteiger partial charge in [0.15, 0.2) is 0 Å². The molecule has 116 valence electrons. The Morgan fingerprint density at radius 2 is 2.00 bits per heavy atom. The summed E-state index contributed by atoms with van der Waals surface area (Å²) in [6.45, 7) is 8.34. The third kappa shape index (κ3) is 3.46. The Bertz CT molecular complexity index is 502. The molecule has 1 atom stereocenters. The largest absolute Gasteiger partial charge is 0.368 e. The summed E-state index contributed by atoms with van der Waals surface area (Å²) in [7, 11) is 0. The van der Waals surface area contributed by atoms with E-state index >= 15 is 0 Å². The number of benzene rings is 1. The zero-order valence-corrected chi connectivity index (χ0v) is 13.8. The first-order valence-corrected chi connectivity index (χ1v) is 8.42. The first kappa shape index (κ1) is 15.0. The quantitative estimate of drug-likeness (QED) is 0.553. The Balaban J connectivity index is 1.69. The number of hydrogen-bond acceptors (Lipinski definition) is 3. The first-order chi connectivity index (χ1) is 10.1. The van der Waals surface area contributed by atoms with E-state index in [1.54, 1.807) is 0 Å². The predicted octanol–water partition coefficient (Wildman–Crippen LogP) is 4.29. The van der Waals surface area contributed by atoms with Crippen LogP contribution in [-0.4, -0.2) is 32.0 Å². The molecule has 21 heavy (non-hydrogen) atoms. The minimum absolute atomic E-state index is 0.0395. The smallest absolute Gasteiger partial charge is 0.106 e. The zero-order valence-electron chi connectivity index (χ0n) is 13.1. The van der Waals surface area contributed by atoms with Gasteiger partial charge in [-0.1, -0.05) is 37.8 Å². The number of halogens is 1. The van der Waals surface area contributed by atoms with E-state index in [0.29, 0.717) is 0 Å². The van der Waals surface area contributed by atoms with Crippen LogP contribution in [0.4, 0.5) is 11.4 Å². The van der Waals surface area contributed by atoms with E-state index in [0.717, 1.165) is 31.4 Å². The molecule has 3 rings (SSSR count). The summed E-state index contributed by atoms with van der Waals surface area (Å²) >= 11 is 6.19. The van der Waals surface area contributed by atoms with Gasteiger partial charge in [-0.3, -0.25) is 0 Å². The molecule has 3 nitrogen and oxygen atoms in total. The van der Waals surface area contributed by atoms with Gasteiger partial charge in [-0.05, 0) is 31.5 Å². The number of ether oxygens (including phenoxy) is 1. The molecule has 2 aliphatic rings. The highest BCUT2D eigenvalue weighted by Crippen LogP contribution is 2.40. The second-order valence-corrected chi connectivity index (χ2v) is 6.97. The maximum Gasteiger partial charge on any atom is 0.106 e. The lowest BCUT2D eigenvalue weighted by molar-refractivity contribution is 0.325. The molecule has 1 aromatic rings. The molecule has 2 heterocycles. The summed E-state index contributed by atoms with van der Waals surface area (Å²) in [5, 5.41) is 0.813. The molecule has 2 aliphatic heterocycles. The summed E-state index contributed by atoms with van der Waals surface area (Å²) in [6.07, 6.45) is 5.19. The van der Waals surface area contributed by atoms with Crippen molar-refractivity contribution in [1.82, 2.24) is 0 Å². The monoisotopic (exact) mass is 308 g/mol. The van der Waals surface area contributed by atoms with Gasteiger partial charge in [0.05, 0.1) is 31.2 Å². The van der Waals surface area contributed by atoms with Crippen LogP contribution in [0.1, 0.15) is 39.5 Å². The van der Waals surface area contributed by atoms with Gasteiger partial charge in [-0.15, -0.1) is 0 Å². The van der Waals surface area contributed by atoms with Gasteiger partial charge < -0.3 is 14.5 Å². The van der Waals surface area contributed by atoms with Crippen molar-refractivity contribution in [2.45, 2.75) is 45.1 Å². The molecule has 0 radical (unpaired) electrons. The van der Waals surface area contributed by atoms with Crippen molar-refractivity contribution in [3.8, 4) is 0 Å². The van der Waals surface area contributed by atoms with Crippen molar-refractivity contribution in [3.05, 3.63) is 23.2 Å². The van der Waals surface area contributed by atoms with E-state index in [4.69, 9.17) is 16.3 Å². The Labute approximate surface area is 132 Å². The van der Waals surface area contributed by atoms with Crippen molar-refractivity contribution >= 4 is 23.0 Å². The second-order valence-electron chi connectivity index (χ2n) is 6.54. The summed E-state index contributed by atoms with van der Waals surface area (Å²) in [5.74, 6) is 0. The van der Waals surface area contributed by atoms with Gasteiger partial charge in [0.25, 0.3) is 0 Å². The molecular formula is C17H25ClN2O. The third-order valence-electron chi connectivity index (χ3n) is 4.40. The molecule has 0 aromatic heterocycles. The molecule has 4 heteroatoms. The van der Waals surface area contributed by atoms with Gasteiger partial charge in [-0.2, -0.15) is 0 Å². The van der Waals surface area contributed by atoms with Crippen LogP contribution in [0.15, 0.2) is 18.2 Å². The maximum atomic E-state index is 6.19. The van der Waals surface area contributed by atoms with Crippen molar-refractivity contribution in [1.29, 1.82) is 0 Å². The highest BCUT2D eigenvalue weighted by atomic mass is 35.5. The zero-order chi connectivity index (χ0) is 14.9. The van der Waals surface area contributed by atoms with Crippen LogP contribution in [0, 0.1) is 0 Å². The fourth-order valence-electron chi connectivity index (χ4n) is 3.05. The Kier molecular flexibility index (Phi) is 4.32. The lowest BCUT2D eigenvalue weighted by Crippen LogP contribution is -2.37. The number of hydrogen-bond donors (Lipinski definition) is 0. The predicted molar refractivity (Wildman–Crippen MR) is 89.5 cm³/mol. The van der Waals surface area contributed by atoms with Crippen molar-refractivity contribution in [2.24, 2.45) is 0 Å². The van der Waals surface area contributed by atoms with E-state index in [1.807, 2.05) is 6.07 Å². The van der Waals surface area contributed by atoms with E-state index in [1.165, 1.54) is 37.1 Å². The SMILES string of the molecule is CCCCCCN1CN(CC2(C)CO2)c2cc(Cl)ccc21. The van der Waals surface area contributed by atoms with Gasteiger partial charge in [0.1, 0.15) is 5.60 Å². The highest BCUT2D eigenvalue weighted by Gasteiger charge is 2.42. The molecule has 0 aliphatic carbocycles. The average Bonchev–Trinajstić information content (AvgIpc) is 3.09. The standard InChI is InChI=1S/C17H25ClN2O/c1-3-4-5-6-9-19-13-20(11-17(2)12-21-17)16-10-14(18)7-8-15(16)19/h7-8,10H,3-6,9,11-13H2,1-2H3. The minimum atomic E-state index is 0.0395. The molecular weight excluding hydrogens is 284 g/mol. The van der Waals surface area contributed by atoms with Gasteiger partial charge >= 0.3 is 0 Å². The first-order valence-electron chi connectivity index (χ1n) is 8.05. The van der Waals surface area contributed by atoms with Crippen LogP contribution < -0.4 is 9.80 Å². The Hall–Kier alpha value is -0.930. The molecule has 1 aromatic carbocycles. The number of anilines is 2. The van der Waals surface area contributed by atoms with Crippen LogP contribution in [0.3, 0.4) is 0 Å². The second kappa shape index (κ2) is 6.05.